The Labute approximate surface area is 71.7 Å². The van der Waals surface area contributed by atoms with Gasteiger partial charge in [0, 0.05) is 11.6 Å². The van der Waals surface area contributed by atoms with Gasteiger partial charge in [0.15, 0.2) is 0 Å². The molecule has 3 nitrogen and oxygen atoms in total. The zero-order valence-electron chi connectivity index (χ0n) is 7.12. The Balaban J connectivity index is 1.87. The lowest BCUT2D eigenvalue weighted by molar-refractivity contribution is -0.00927. The molecule has 0 radical (unpaired) electrons. The average molecular weight is 167 g/mol. The van der Waals surface area contributed by atoms with E-state index >= 15 is 0 Å². The second-order valence-electron chi connectivity index (χ2n) is 3.18. The van der Waals surface area contributed by atoms with Crippen LogP contribution in [0.3, 0.4) is 0 Å². The van der Waals surface area contributed by atoms with E-state index in [1.807, 2.05) is 6.07 Å². The van der Waals surface area contributed by atoms with Gasteiger partial charge in [-0.1, -0.05) is 0 Å². The molecule has 1 fully saturated rings. The maximum Gasteiger partial charge on any atom is 0.0950 e. The quantitative estimate of drug-likeness (QED) is 0.737. The molecule has 3 heteroatoms. The van der Waals surface area contributed by atoms with E-state index in [2.05, 4.69) is 12.2 Å². The number of nitrogens with one attached hydrogen (secondary N) is 1. The topological polar surface area (TPSA) is 34.4 Å². The minimum Gasteiger partial charge on any atom is -0.472 e. The van der Waals surface area contributed by atoms with Crippen molar-refractivity contribution in [3.63, 3.8) is 0 Å². The molecule has 0 aliphatic carbocycles. The molecule has 12 heavy (non-hydrogen) atoms. The molecule has 1 aliphatic heterocycles. The van der Waals surface area contributed by atoms with Crippen LogP contribution in [0.5, 0.6) is 0 Å². The fourth-order valence-electron chi connectivity index (χ4n) is 1.30. The molecule has 2 rings (SSSR count). The second kappa shape index (κ2) is 3.29. The monoisotopic (exact) mass is 167 g/mol. The summed E-state index contributed by atoms with van der Waals surface area (Å²) in [5, 5.41) is 3.43. The lowest BCUT2D eigenvalue weighted by Gasteiger charge is -2.29. The molecule has 1 unspecified atom stereocenters. The predicted molar refractivity (Wildman–Crippen MR) is 44.9 cm³/mol. The molecule has 1 aromatic heterocycles. The van der Waals surface area contributed by atoms with Crippen LogP contribution >= 0.6 is 0 Å². The summed E-state index contributed by atoms with van der Waals surface area (Å²) in [5.74, 6) is 0. The summed E-state index contributed by atoms with van der Waals surface area (Å²) < 4.78 is 10.1. The first-order valence-electron chi connectivity index (χ1n) is 4.22. The number of ether oxygens (including phenoxy) is 1. The molecule has 0 aromatic carbocycles. The summed E-state index contributed by atoms with van der Waals surface area (Å²) in [5.41, 5.74) is 1.20. The summed E-state index contributed by atoms with van der Waals surface area (Å²) in [6.45, 7) is 3.80. The van der Waals surface area contributed by atoms with Crippen molar-refractivity contribution < 1.29 is 9.15 Å². The van der Waals surface area contributed by atoms with Gasteiger partial charge in [-0.2, -0.15) is 0 Å². The second-order valence-corrected chi connectivity index (χ2v) is 3.18. The van der Waals surface area contributed by atoms with Crippen LogP contribution in [0.15, 0.2) is 23.0 Å². The van der Waals surface area contributed by atoms with Crippen LogP contribution in [0.1, 0.15) is 18.5 Å². The first-order chi connectivity index (χ1) is 5.86. The first-order valence-corrected chi connectivity index (χ1v) is 4.22. The van der Waals surface area contributed by atoms with Crippen LogP contribution in [0.4, 0.5) is 0 Å². The Morgan fingerprint density at radius 3 is 2.92 bits per heavy atom. The fourth-order valence-corrected chi connectivity index (χ4v) is 1.30. The highest BCUT2D eigenvalue weighted by atomic mass is 16.5. The normalized spacial score (nSPS) is 20.4. The summed E-state index contributed by atoms with van der Waals surface area (Å²) in [7, 11) is 0. The van der Waals surface area contributed by atoms with Gasteiger partial charge in [-0.25, -0.2) is 0 Å². The van der Waals surface area contributed by atoms with Crippen molar-refractivity contribution in [2.45, 2.75) is 19.0 Å². The van der Waals surface area contributed by atoms with E-state index < -0.39 is 0 Å². The van der Waals surface area contributed by atoms with Crippen LogP contribution in [0.25, 0.3) is 0 Å². The van der Waals surface area contributed by atoms with Gasteiger partial charge in [-0.15, -0.1) is 0 Å². The zero-order chi connectivity index (χ0) is 8.39. The minimum atomic E-state index is 0.359. The van der Waals surface area contributed by atoms with Crippen LogP contribution in [0, 0.1) is 0 Å². The molecule has 0 bridgehead atoms. The van der Waals surface area contributed by atoms with Gasteiger partial charge < -0.3 is 14.5 Å². The van der Waals surface area contributed by atoms with E-state index in [1.165, 1.54) is 5.56 Å². The average Bonchev–Trinajstić information content (AvgIpc) is 2.47. The Kier molecular flexibility index (Phi) is 2.15. The fraction of sp³-hybridized carbons (Fsp3) is 0.556. The van der Waals surface area contributed by atoms with Crippen molar-refractivity contribution >= 4 is 0 Å². The van der Waals surface area contributed by atoms with E-state index in [9.17, 15) is 0 Å². The molecule has 1 aliphatic rings. The minimum absolute atomic E-state index is 0.359. The molecule has 1 aromatic rings. The Hall–Kier alpha value is -0.800. The molecule has 1 N–H and O–H groups in total. The zero-order valence-corrected chi connectivity index (χ0v) is 7.12. The van der Waals surface area contributed by atoms with Crippen LogP contribution in [0.2, 0.25) is 0 Å². The first kappa shape index (κ1) is 7.83. The maximum atomic E-state index is 5.07. The molecular formula is C9H13NO2. The van der Waals surface area contributed by atoms with Crippen molar-refractivity contribution in [2.75, 3.05) is 13.2 Å². The van der Waals surface area contributed by atoms with Gasteiger partial charge in [0.05, 0.1) is 31.8 Å². The van der Waals surface area contributed by atoms with Crippen molar-refractivity contribution in [3.05, 3.63) is 24.2 Å². The highest BCUT2D eigenvalue weighted by Crippen LogP contribution is 2.14. The van der Waals surface area contributed by atoms with Gasteiger partial charge in [0.25, 0.3) is 0 Å². The summed E-state index contributed by atoms with van der Waals surface area (Å²) in [6, 6.07) is 2.87. The number of hydrogen-bond acceptors (Lipinski definition) is 3. The van der Waals surface area contributed by atoms with Crippen LogP contribution in [-0.2, 0) is 4.74 Å². The van der Waals surface area contributed by atoms with Crippen LogP contribution in [-0.4, -0.2) is 19.3 Å². The third kappa shape index (κ3) is 1.52. The van der Waals surface area contributed by atoms with Crippen molar-refractivity contribution in [1.82, 2.24) is 5.32 Å². The number of hydrogen-bond donors (Lipinski definition) is 1. The van der Waals surface area contributed by atoms with Crippen LogP contribution < -0.4 is 5.32 Å². The summed E-state index contributed by atoms with van der Waals surface area (Å²) in [6.07, 6.45) is 3.47. The molecular weight excluding hydrogens is 154 g/mol. The molecule has 0 saturated carbocycles. The standard InChI is InChI=1S/C9H13NO2/c1-7(8-2-3-11-4-8)10-9-5-12-6-9/h2-4,7,9-10H,5-6H2,1H3. The maximum absolute atomic E-state index is 5.07. The Morgan fingerprint density at radius 2 is 2.42 bits per heavy atom. The van der Waals surface area contributed by atoms with E-state index in [0.29, 0.717) is 12.1 Å². The van der Waals surface area contributed by atoms with Gasteiger partial charge in [-0.05, 0) is 13.0 Å². The summed E-state index contributed by atoms with van der Waals surface area (Å²) >= 11 is 0. The third-order valence-corrected chi connectivity index (χ3v) is 2.17. The number of furan rings is 1. The largest absolute Gasteiger partial charge is 0.472 e. The predicted octanol–water partition coefficient (Wildman–Crippen LogP) is 1.33. The lowest BCUT2D eigenvalue weighted by Crippen LogP contribution is -2.46. The number of rotatable bonds is 3. The SMILES string of the molecule is CC(NC1COC1)c1ccoc1. The Bertz CT molecular complexity index is 229. The van der Waals surface area contributed by atoms with Crippen molar-refractivity contribution in [3.8, 4) is 0 Å². The van der Waals surface area contributed by atoms with Gasteiger partial charge in [0.1, 0.15) is 0 Å². The van der Waals surface area contributed by atoms with E-state index in [0.717, 1.165) is 13.2 Å². The van der Waals surface area contributed by atoms with Gasteiger partial charge in [0.2, 0.25) is 0 Å². The molecule has 0 spiro atoms. The molecule has 0 amide bonds. The highest BCUT2D eigenvalue weighted by Gasteiger charge is 2.20. The molecule has 2 heterocycles. The molecule has 1 saturated heterocycles. The van der Waals surface area contributed by atoms with Gasteiger partial charge >= 0.3 is 0 Å². The highest BCUT2D eigenvalue weighted by molar-refractivity contribution is 5.10. The van der Waals surface area contributed by atoms with E-state index in [4.69, 9.17) is 9.15 Å². The van der Waals surface area contributed by atoms with E-state index in [1.54, 1.807) is 12.5 Å². The third-order valence-electron chi connectivity index (χ3n) is 2.17. The Morgan fingerprint density at radius 1 is 1.58 bits per heavy atom. The van der Waals surface area contributed by atoms with Crippen molar-refractivity contribution in [1.29, 1.82) is 0 Å². The molecule has 1 atom stereocenters. The summed E-state index contributed by atoms with van der Waals surface area (Å²) in [4.78, 5) is 0. The molecule has 66 valence electrons. The lowest BCUT2D eigenvalue weighted by atomic mass is 10.1. The van der Waals surface area contributed by atoms with Crippen molar-refractivity contribution in [2.24, 2.45) is 0 Å². The smallest absolute Gasteiger partial charge is 0.0950 e. The van der Waals surface area contributed by atoms with E-state index in [-0.39, 0.29) is 0 Å². The van der Waals surface area contributed by atoms with Gasteiger partial charge in [-0.3, -0.25) is 0 Å².